The molecule has 0 rings (SSSR count). The fourth-order valence-corrected chi connectivity index (χ4v) is 2.10. The Morgan fingerprint density at radius 3 is 1.18 bits per heavy atom. The first-order valence-electron chi connectivity index (χ1n) is 11.7. The number of ether oxygens (including phenoxy) is 4. The highest BCUT2D eigenvalue weighted by molar-refractivity contribution is 5.87. The molecule has 0 atom stereocenters. The molecular weight excluding hydrogens is 444 g/mol. The number of rotatable bonds is 14. The predicted octanol–water partition coefficient (Wildman–Crippen LogP) is 4.66. The van der Waals surface area contributed by atoms with E-state index in [0.717, 1.165) is 38.5 Å². The first-order chi connectivity index (χ1) is 16.5. The third-order valence-electron chi connectivity index (χ3n) is 3.97. The molecule has 2 N–H and O–H groups in total. The van der Waals surface area contributed by atoms with Gasteiger partial charge < -0.3 is 18.9 Å². The summed E-state index contributed by atoms with van der Waals surface area (Å²) in [6, 6.07) is 0. The van der Waals surface area contributed by atoms with Crippen LogP contribution in [0.1, 0.15) is 78.1 Å². The van der Waals surface area contributed by atoms with Crippen LogP contribution in [-0.2, 0) is 18.9 Å². The van der Waals surface area contributed by atoms with Crippen molar-refractivity contribution in [3.8, 4) is 23.7 Å². The molecule has 0 aliphatic rings. The Balaban J connectivity index is 3.60. The molecule has 0 aromatic carbocycles. The average Bonchev–Trinajstić information content (AvgIpc) is 2.79. The maximum Gasteiger partial charge on any atom is 0.416 e. The molecule has 0 saturated heterocycles. The van der Waals surface area contributed by atoms with Crippen LogP contribution in [0.2, 0.25) is 0 Å². The van der Waals surface area contributed by atoms with Gasteiger partial charge in [0.1, 0.15) is 0 Å². The highest BCUT2D eigenvalue weighted by Crippen LogP contribution is 1.97. The van der Waals surface area contributed by atoms with Crippen molar-refractivity contribution in [2.45, 2.75) is 78.1 Å². The monoisotopic (exact) mass is 480 g/mol. The van der Waals surface area contributed by atoms with Crippen LogP contribution in [0.3, 0.4) is 0 Å². The van der Waals surface area contributed by atoms with Gasteiger partial charge in [0.15, 0.2) is 0 Å². The minimum absolute atomic E-state index is 0.182. The normalized spacial score (nSPS) is 9.35. The molecule has 0 aliphatic heterocycles. The minimum Gasteiger partial charge on any atom is -0.449 e. The second-order valence-corrected chi connectivity index (χ2v) is 7.02. The van der Waals surface area contributed by atoms with Crippen molar-refractivity contribution in [2.24, 2.45) is 0 Å². The lowest BCUT2D eigenvalue weighted by atomic mass is 10.2. The lowest BCUT2D eigenvalue weighted by molar-refractivity contribution is 0.121. The number of carbonyl (C=O) groups is 4. The molecular formula is C24H36N2O8. The highest BCUT2D eigenvalue weighted by Gasteiger charge is 2.09. The van der Waals surface area contributed by atoms with Crippen molar-refractivity contribution >= 4 is 24.4 Å². The largest absolute Gasteiger partial charge is 0.449 e. The van der Waals surface area contributed by atoms with Gasteiger partial charge in [-0.2, -0.15) is 0 Å². The van der Waals surface area contributed by atoms with Crippen LogP contribution in [0.25, 0.3) is 0 Å². The number of alkyl carbamates (subject to hydrolysis) is 4. The van der Waals surface area contributed by atoms with E-state index < -0.39 is 24.4 Å². The van der Waals surface area contributed by atoms with E-state index in [2.05, 4.69) is 23.7 Å². The van der Waals surface area contributed by atoms with Crippen LogP contribution in [0.4, 0.5) is 19.2 Å². The van der Waals surface area contributed by atoms with Gasteiger partial charge in [-0.05, 0) is 50.4 Å². The van der Waals surface area contributed by atoms with Crippen molar-refractivity contribution < 1.29 is 38.1 Å². The first kappa shape index (κ1) is 30.6. The summed E-state index contributed by atoms with van der Waals surface area (Å²) in [5.74, 6) is 11.3. The quantitative estimate of drug-likeness (QED) is 0.209. The summed E-state index contributed by atoms with van der Waals surface area (Å²) in [5.41, 5.74) is 0. The van der Waals surface area contributed by atoms with Gasteiger partial charge in [0.2, 0.25) is 0 Å². The summed E-state index contributed by atoms with van der Waals surface area (Å²) in [6.45, 7) is 4.83. The van der Waals surface area contributed by atoms with Gasteiger partial charge in [-0.3, -0.25) is 0 Å². The van der Waals surface area contributed by atoms with Gasteiger partial charge in [-0.15, -0.1) is 0 Å². The molecule has 0 spiro atoms. The molecule has 0 heterocycles. The van der Waals surface area contributed by atoms with Gasteiger partial charge in [0, 0.05) is 12.8 Å². The van der Waals surface area contributed by atoms with Gasteiger partial charge in [-0.1, -0.05) is 38.5 Å². The Morgan fingerprint density at radius 1 is 0.529 bits per heavy atom. The van der Waals surface area contributed by atoms with E-state index in [-0.39, 0.29) is 26.4 Å². The lowest BCUT2D eigenvalue weighted by Crippen LogP contribution is -2.32. The standard InChI is InChI=1S/C24H36N2O8/c1-3-5-17-31-21(27)25-23(29)33-19-15-13-11-9-7-8-10-12-14-16-20-34-24(30)26-22(28)32-18-6-4-2/h3-6,11-20H2,1-2H3,(H,25,27,29)(H,26,28,30). The summed E-state index contributed by atoms with van der Waals surface area (Å²) in [6.07, 6.45) is 3.92. The van der Waals surface area contributed by atoms with Crippen LogP contribution in [-0.4, -0.2) is 50.8 Å². The highest BCUT2D eigenvalue weighted by atomic mass is 16.6. The zero-order valence-electron chi connectivity index (χ0n) is 20.2. The molecule has 0 fully saturated rings. The SMILES string of the molecule is CCCCOC(=O)NC(=O)OCCCCC#CC#CCCCCOC(=O)NC(=O)OCCCC. The number of nitrogens with one attached hydrogen (secondary N) is 2. The zero-order valence-corrected chi connectivity index (χ0v) is 20.2. The zero-order chi connectivity index (χ0) is 25.3. The Bertz CT molecular complexity index is 669. The van der Waals surface area contributed by atoms with E-state index in [1.54, 1.807) is 0 Å². The fraction of sp³-hybridized carbons (Fsp3) is 0.667. The number of hydrogen-bond donors (Lipinski definition) is 2. The summed E-state index contributed by atoms with van der Waals surface area (Å²) in [5, 5.41) is 3.98. The van der Waals surface area contributed by atoms with Crippen LogP contribution in [0.5, 0.6) is 0 Å². The molecule has 34 heavy (non-hydrogen) atoms. The molecule has 0 radical (unpaired) electrons. The number of hydrogen-bond acceptors (Lipinski definition) is 8. The maximum atomic E-state index is 11.4. The summed E-state index contributed by atoms with van der Waals surface area (Å²) in [7, 11) is 0. The average molecular weight is 481 g/mol. The Labute approximate surface area is 201 Å². The van der Waals surface area contributed by atoms with Gasteiger partial charge in [0.05, 0.1) is 26.4 Å². The van der Waals surface area contributed by atoms with Gasteiger partial charge in [0.25, 0.3) is 0 Å². The number of amides is 4. The third-order valence-corrected chi connectivity index (χ3v) is 3.97. The lowest BCUT2D eigenvalue weighted by Gasteiger charge is -2.06. The molecule has 0 aromatic heterocycles. The molecule has 0 unspecified atom stereocenters. The molecule has 0 bridgehead atoms. The Morgan fingerprint density at radius 2 is 0.853 bits per heavy atom. The van der Waals surface area contributed by atoms with E-state index in [0.29, 0.717) is 25.7 Å². The van der Waals surface area contributed by atoms with Crippen molar-refractivity contribution in [3.05, 3.63) is 0 Å². The topological polar surface area (TPSA) is 129 Å². The molecule has 10 heteroatoms. The van der Waals surface area contributed by atoms with E-state index in [1.807, 2.05) is 24.5 Å². The first-order valence-corrected chi connectivity index (χ1v) is 11.7. The number of imide groups is 2. The second-order valence-electron chi connectivity index (χ2n) is 7.02. The third kappa shape index (κ3) is 21.8. The number of unbranched alkanes of at least 4 members (excludes halogenated alkanes) is 6. The van der Waals surface area contributed by atoms with Gasteiger partial charge in [-0.25, -0.2) is 29.8 Å². The van der Waals surface area contributed by atoms with Crippen molar-refractivity contribution in [2.75, 3.05) is 26.4 Å². The van der Waals surface area contributed by atoms with Crippen molar-refractivity contribution in [3.63, 3.8) is 0 Å². The minimum atomic E-state index is -0.825. The van der Waals surface area contributed by atoms with Crippen molar-refractivity contribution in [1.82, 2.24) is 10.6 Å². The predicted molar refractivity (Wildman–Crippen MR) is 125 cm³/mol. The molecule has 190 valence electrons. The van der Waals surface area contributed by atoms with E-state index in [4.69, 9.17) is 18.9 Å². The second kappa shape index (κ2) is 22.8. The molecule has 0 saturated carbocycles. The van der Waals surface area contributed by atoms with E-state index >= 15 is 0 Å². The fourth-order valence-electron chi connectivity index (χ4n) is 2.10. The van der Waals surface area contributed by atoms with Crippen LogP contribution >= 0.6 is 0 Å². The Kier molecular flexibility index (Phi) is 20.5. The van der Waals surface area contributed by atoms with Crippen LogP contribution < -0.4 is 10.6 Å². The molecule has 4 amide bonds. The Hall–Kier alpha value is -3.40. The summed E-state index contributed by atoms with van der Waals surface area (Å²) >= 11 is 0. The summed E-state index contributed by atoms with van der Waals surface area (Å²) in [4.78, 5) is 45.3. The van der Waals surface area contributed by atoms with Crippen molar-refractivity contribution in [1.29, 1.82) is 0 Å². The van der Waals surface area contributed by atoms with E-state index in [1.165, 1.54) is 0 Å². The maximum absolute atomic E-state index is 11.4. The molecule has 10 nitrogen and oxygen atoms in total. The van der Waals surface area contributed by atoms with Crippen LogP contribution in [0, 0.1) is 23.7 Å². The van der Waals surface area contributed by atoms with Gasteiger partial charge >= 0.3 is 24.4 Å². The van der Waals surface area contributed by atoms with E-state index in [9.17, 15) is 19.2 Å². The molecule has 0 aromatic rings. The number of carbonyl (C=O) groups excluding carboxylic acids is 4. The smallest absolute Gasteiger partial charge is 0.416 e. The summed E-state index contributed by atoms with van der Waals surface area (Å²) < 4.78 is 19.3. The molecule has 0 aliphatic carbocycles. The van der Waals surface area contributed by atoms with Crippen LogP contribution in [0.15, 0.2) is 0 Å².